The van der Waals surface area contributed by atoms with E-state index in [1.807, 2.05) is 0 Å². The number of ether oxygens (including phenoxy) is 1. The molecular formula is C21H16ClF3N2O4S. The maximum Gasteiger partial charge on any atom is 0.416 e. The summed E-state index contributed by atoms with van der Waals surface area (Å²) >= 11 is 5.84. The normalized spacial score (nSPS) is 11.8. The maximum absolute atomic E-state index is 12.9. The van der Waals surface area contributed by atoms with Gasteiger partial charge in [0.15, 0.2) is 0 Å². The maximum atomic E-state index is 12.9. The Bertz CT molecular complexity index is 1250. The summed E-state index contributed by atoms with van der Waals surface area (Å²) in [6.45, 7) is 0.0744. The summed E-state index contributed by atoms with van der Waals surface area (Å²) in [6, 6.07) is 11.8. The molecule has 1 aromatic heterocycles. The molecule has 32 heavy (non-hydrogen) atoms. The van der Waals surface area contributed by atoms with Gasteiger partial charge in [-0.2, -0.15) is 13.2 Å². The lowest BCUT2D eigenvalue weighted by Crippen LogP contribution is -2.23. The molecule has 168 valence electrons. The molecule has 0 aliphatic carbocycles. The standard InChI is InChI=1S/C21H16ClF3N2O4S/c1-31-19-10-14(9-18(22)27-19)20(28)26-12-13-5-7-16(8-6-13)32(29,30)17-4-2-3-15(11-17)21(23,24)25/h2-11H,12H2,1H3,(H,26,28). The van der Waals surface area contributed by atoms with E-state index >= 15 is 0 Å². The molecule has 0 spiro atoms. The van der Waals surface area contributed by atoms with Gasteiger partial charge in [0.1, 0.15) is 5.15 Å². The van der Waals surface area contributed by atoms with Crippen LogP contribution < -0.4 is 10.1 Å². The van der Waals surface area contributed by atoms with Crippen molar-refractivity contribution in [3.63, 3.8) is 0 Å². The fourth-order valence-corrected chi connectivity index (χ4v) is 4.26. The highest BCUT2D eigenvalue weighted by atomic mass is 35.5. The van der Waals surface area contributed by atoms with Crippen molar-refractivity contribution in [1.29, 1.82) is 0 Å². The first-order valence-electron chi connectivity index (χ1n) is 9.02. The molecule has 3 aromatic rings. The summed E-state index contributed by atoms with van der Waals surface area (Å²) in [5, 5.41) is 2.73. The van der Waals surface area contributed by atoms with Crippen LogP contribution in [0.3, 0.4) is 0 Å². The van der Waals surface area contributed by atoms with Gasteiger partial charge in [-0.3, -0.25) is 4.79 Å². The van der Waals surface area contributed by atoms with Crippen LogP contribution in [-0.2, 0) is 22.6 Å². The van der Waals surface area contributed by atoms with Crippen LogP contribution >= 0.6 is 11.6 Å². The van der Waals surface area contributed by atoms with E-state index in [0.29, 0.717) is 11.6 Å². The zero-order valence-electron chi connectivity index (χ0n) is 16.5. The summed E-state index contributed by atoms with van der Waals surface area (Å²) in [5.41, 5.74) is -0.246. The topological polar surface area (TPSA) is 85.4 Å². The number of pyridine rings is 1. The number of methoxy groups -OCH3 is 1. The molecule has 0 radical (unpaired) electrons. The molecule has 1 heterocycles. The van der Waals surface area contributed by atoms with Gasteiger partial charge < -0.3 is 10.1 Å². The number of alkyl halides is 3. The number of hydrogen-bond donors (Lipinski definition) is 1. The predicted molar refractivity (Wildman–Crippen MR) is 110 cm³/mol. The summed E-state index contributed by atoms with van der Waals surface area (Å²) in [4.78, 5) is 15.6. The van der Waals surface area contributed by atoms with E-state index in [2.05, 4.69) is 10.3 Å². The minimum Gasteiger partial charge on any atom is -0.481 e. The molecule has 0 fully saturated rings. The molecule has 0 atom stereocenters. The zero-order chi connectivity index (χ0) is 23.5. The Morgan fingerprint density at radius 3 is 2.38 bits per heavy atom. The van der Waals surface area contributed by atoms with Crippen LogP contribution in [0.5, 0.6) is 5.88 Å². The van der Waals surface area contributed by atoms with Gasteiger partial charge >= 0.3 is 6.18 Å². The first kappa shape index (κ1) is 23.6. The molecule has 6 nitrogen and oxygen atoms in total. The Morgan fingerprint density at radius 2 is 1.75 bits per heavy atom. The van der Waals surface area contributed by atoms with Crippen LogP contribution in [0.25, 0.3) is 0 Å². The Labute approximate surface area is 186 Å². The molecule has 0 aliphatic rings. The molecule has 2 aromatic carbocycles. The molecule has 0 bridgehead atoms. The van der Waals surface area contributed by atoms with E-state index in [-0.39, 0.29) is 28.0 Å². The average Bonchev–Trinajstić information content (AvgIpc) is 2.76. The lowest BCUT2D eigenvalue weighted by molar-refractivity contribution is -0.137. The van der Waals surface area contributed by atoms with Gasteiger partial charge in [0.2, 0.25) is 15.7 Å². The molecule has 3 rings (SSSR count). The summed E-state index contributed by atoms with van der Waals surface area (Å²) in [5.74, 6) is -0.278. The monoisotopic (exact) mass is 484 g/mol. The summed E-state index contributed by atoms with van der Waals surface area (Å²) in [6.07, 6.45) is -4.66. The second-order valence-corrected chi connectivity index (χ2v) is 8.91. The van der Waals surface area contributed by atoms with Crippen LogP contribution in [0.2, 0.25) is 5.15 Å². The highest BCUT2D eigenvalue weighted by molar-refractivity contribution is 7.91. The lowest BCUT2D eigenvalue weighted by atomic mass is 10.2. The van der Waals surface area contributed by atoms with E-state index in [1.165, 1.54) is 43.5 Å². The van der Waals surface area contributed by atoms with Crippen molar-refractivity contribution in [1.82, 2.24) is 10.3 Å². The Morgan fingerprint density at radius 1 is 1.06 bits per heavy atom. The zero-order valence-corrected chi connectivity index (χ0v) is 18.1. The number of hydrogen-bond acceptors (Lipinski definition) is 5. The van der Waals surface area contributed by atoms with Crippen LogP contribution in [-0.4, -0.2) is 26.4 Å². The van der Waals surface area contributed by atoms with Crippen LogP contribution in [0.15, 0.2) is 70.5 Å². The fraction of sp³-hybridized carbons (Fsp3) is 0.143. The molecule has 11 heteroatoms. The second-order valence-electron chi connectivity index (χ2n) is 6.58. The second kappa shape index (κ2) is 9.17. The first-order valence-corrected chi connectivity index (χ1v) is 10.9. The number of benzene rings is 2. The van der Waals surface area contributed by atoms with Crippen LogP contribution in [0.4, 0.5) is 13.2 Å². The SMILES string of the molecule is COc1cc(C(=O)NCc2ccc(S(=O)(=O)c3cccc(C(F)(F)F)c3)cc2)cc(Cl)n1. The largest absolute Gasteiger partial charge is 0.481 e. The molecule has 0 aliphatic heterocycles. The summed E-state index contributed by atoms with van der Waals surface area (Å²) < 4.78 is 69.1. The molecule has 0 saturated heterocycles. The van der Waals surface area contributed by atoms with Crippen molar-refractivity contribution in [3.8, 4) is 5.88 Å². The number of halogens is 4. The minimum atomic E-state index is -4.66. The molecule has 0 saturated carbocycles. The average molecular weight is 485 g/mol. The molecule has 0 unspecified atom stereocenters. The number of carbonyl (C=O) groups is 1. The highest BCUT2D eigenvalue weighted by Gasteiger charge is 2.32. The van der Waals surface area contributed by atoms with E-state index in [0.717, 1.165) is 18.2 Å². The van der Waals surface area contributed by atoms with Gasteiger partial charge in [-0.25, -0.2) is 13.4 Å². The molecule has 1 amide bonds. The van der Waals surface area contributed by atoms with E-state index in [9.17, 15) is 26.4 Å². The third kappa shape index (κ3) is 5.38. The lowest BCUT2D eigenvalue weighted by Gasteiger charge is -2.10. The number of nitrogens with one attached hydrogen (secondary N) is 1. The Kier molecular flexibility index (Phi) is 6.75. The summed E-state index contributed by atoms with van der Waals surface area (Å²) in [7, 11) is -2.76. The number of nitrogens with zero attached hydrogens (tertiary/aromatic N) is 1. The fourth-order valence-electron chi connectivity index (χ4n) is 2.76. The quantitative estimate of drug-likeness (QED) is 0.520. The van der Waals surface area contributed by atoms with Crippen molar-refractivity contribution in [2.45, 2.75) is 22.5 Å². The molecule has 1 N–H and O–H groups in total. The van der Waals surface area contributed by atoms with Crippen molar-refractivity contribution < 1.29 is 31.1 Å². The van der Waals surface area contributed by atoms with Crippen LogP contribution in [0.1, 0.15) is 21.5 Å². The number of carbonyl (C=O) groups excluding carboxylic acids is 1. The first-order chi connectivity index (χ1) is 15.0. The van der Waals surface area contributed by atoms with E-state index in [1.54, 1.807) is 0 Å². The smallest absolute Gasteiger partial charge is 0.416 e. The van der Waals surface area contributed by atoms with E-state index in [4.69, 9.17) is 16.3 Å². The minimum absolute atomic E-state index is 0.0744. The number of rotatable bonds is 6. The number of aromatic nitrogens is 1. The van der Waals surface area contributed by atoms with Crippen molar-refractivity contribution in [3.05, 3.63) is 82.5 Å². The van der Waals surface area contributed by atoms with Gasteiger partial charge in [-0.15, -0.1) is 0 Å². The number of amides is 1. The van der Waals surface area contributed by atoms with Crippen LogP contribution in [0, 0.1) is 0 Å². The van der Waals surface area contributed by atoms with Crippen molar-refractivity contribution >= 4 is 27.3 Å². The Balaban J connectivity index is 1.74. The van der Waals surface area contributed by atoms with Crippen molar-refractivity contribution in [2.24, 2.45) is 0 Å². The van der Waals surface area contributed by atoms with Gasteiger partial charge in [0.25, 0.3) is 5.91 Å². The predicted octanol–water partition coefficient (Wildman–Crippen LogP) is 4.53. The van der Waals surface area contributed by atoms with Crippen molar-refractivity contribution in [2.75, 3.05) is 7.11 Å². The van der Waals surface area contributed by atoms with Gasteiger partial charge in [-0.05, 0) is 42.0 Å². The third-order valence-corrected chi connectivity index (χ3v) is 6.36. The third-order valence-electron chi connectivity index (χ3n) is 4.40. The highest BCUT2D eigenvalue weighted by Crippen LogP contribution is 2.32. The van der Waals surface area contributed by atoms with E-state index < -0.39 is 32.4 Å². The van der Waals surface area contributed by atoms with Gasteiger partial charge in [0.05, 0.1) is 22.5 Å². The Hall–Kier alpha value is -3.11. The van der Waals surface area contributed by atoms with Gasteiger partial charge in [0, 0.05) is 18.2 Å². The number of sulfone groups is 1. The van der Waals surface area contributed by atoms with Gasteiger partial charge in [-0.1, -0.05) is 29.8 Å². The molecular weight excluding hydrogens is 469 g/mol.